The molecule has 51 heavy (non-hydrogen) atoms. The smallest absolute Gasteiger partial charge is 0.306 e. The zero-order valence-electron chi connectivity index (χ0n) is 28.1. The highest BCUT2D eigenvalue weighted by atomic mass is 16.5. The number of carbonyl (C=O) groups is 2. The highest BCUT2D eigenvalue weighted by Gasteiger charge is 2.32. The van der Waals surface area contributed by atoms with Gasteiger partial charge in [-0.25, -0.2) is 0 Å². The molecule has 1 unspecified atom stereocenters. The standard InChI is InChI=1S/C40H35N7O4/c1-40(25-51-38(49)24-23-37(48)41-26-15-17-28(50-2)18-16-26)42-35-14-8-13-31-34(21-22-36(43-40)39(31)35)47-46-33-20-19-32(29-11-6-7-12-30(29)33)45-44-27-9-4-3-5-10-27/h3-22,42-43H,23-25H2,1-2H3,(H,41,48)/b45-44+,47-46+. The van der Waals surface area contributed by atoms with Crippen LogP contribution in [0.1, 0.15) is 19.8 Å². The monoisotopic (exact) mass is 677 g/mol. The summed E-state index contributed by atoms with van der Waals surface area (Å²) in [4.78, 5) is 25.0. The topological polar surface area (TPSA) is 138 Å². The molecule has 7 rings (SSSR count). The Bertz CT molecular complexity index is 2280. The van der Waals surface area contributed by atoms with E-state index in [9.17, 15) is 9.59 Å². The first-order chi connectivity index (χ1) is 24.9. The number of hydrogen-bond acceptors (Lipinski definition) is 10. The molecular formula is C40H35N7O4. The average Bonchev–Trinajstić information content (AvgIpc) is 3.16. The van der Waals surface area contributed by atoms with Crippen LogP contribution in [-0.2, 0) is 14.3 Å². The van der Waals surface area contributed by atoms with Crippen LogP contribution in [0, 0.1) is 0 Å². The first kappa shape index (κ1) is 32.9. The van der Waals surface area contributed by atoms with Crippen molar-refractivity contribution < 1.29 is 19.1 Å². The minimum Gasteiger partial charge on any atom is -0.497 e. The summed E-state index contributed by atoms with van der Waals surface area (Å²) in [5.74, 6) is -0.0548. The number of rotatable bonds is 11. The molecule has 254 valence electrons. The van der Waals surface area contributed by atoms with Crippen LogP contribution in [0.2, 0.25) is 0 Å². The lowest BCUT2D eigenvalue weighted by Gasteiger charge is -2.38. The highest BCUT2D eigenvalue weighted by molar-refractivity contribution is 6.10. The van der Waals surface area contributed by atoms with Crippen LogP contribution in [0.25, 0.3) is 21.5 Å². The van der Waals surface area contributed by atoms with Crippen molar-refractivity contribution in [1.29, 1.82) is 0 Å². The average molecular weight is 678 g/mol. The normalized spacial score (nSPS) is 15.1. The number of anilines is 3. The second-order valence-electron chi connectivity index (χ2n) is 12.3. The number of nitrogens with one attached hydrogen (secondary N) is 3. The summed E-state index contributed by atoms with van der Waals surface area (Å²) in [6.07, 6.45) is -0.0460. The van der Waals surface area contributed by atoms with E-state index in [-0.39, 0.29) is 25.4 Å². The molecule has 1 aliphatic rings. The van der Waals surface area contributed by atoms with Gasteiger partial charge >= 0.3 is 5.97 Å². The third kappa shape index (κ3) is 7.52. The first-order valence-corrected chi connectivity index (χ1v) is 16.5. The SMILES string of the molecule is COc1ccc(NC(=O)CCC(=O)OCC2(C)Nc3cccc4c(/N=N/c5ccc(/N=N/c6ccccc6)c6ccccc56)ccc(c34)N2)cc1. The van der Waals surface area contributed by atoms with Crippen molar-refractivity contribution in [3.05, 3.63) is 121 Å². The first-order valence-electron chi connectivity index (χ1n) is 16.5. The Hall–Kier alpha value is -6.62. The van der Waals surface area contributed by atoms with Gasteiger partial charge in [-0.2, -0.15) is 5.11 Å². The van der Waals surface area contributed by atoms with Crippen molar-refractivity contribution in [2.45, 2.75) is 25.4 Å². The molecule has 0 radical (unpaired) electrons. The number of nitrogens with zero attached hydrogens (tertiary/aromatic N) is 4. The van der Waals surface area contributed by atoms with E-state index in [1.54, 1.807) is 31.4 Å². The maximum atomic E-state index is 12.6. The van der Waals surface area contributed by atoms with E-state index >= 15 is 0 Å². The summed E-state index contributed by atoms with van der Waals surface area (Å²) in [6.45, 7) is 1.96. The number of benzene rings is 6. The van der Waals surface area contributed by atoms with Gasteiger partial charge in [-0.15, -0.1) is 15.3 Å². The van der Waals surface area contributed by atoms with Crippen LogP contribution in [0.3, 0.4) is 0 Å². The fraction of sp³-hybridized carbons (Fsp3) is 0.150. The maximum Gasteiger partial charge on any atom is 0.306 e. The lowest BCUT2D eigenvalue weighted by molar-refractivity contribution is -0.145. The van der Waals surface area contributed by atoms with Crippen LogP contribution in [0.4, 0.5) is 39.8 Å². The van der Waals surface area contributed by atoms with E-state index in [2.05, 4.69) is 31.3 Å². The van der Waals surface area contributed by atoms with Crippen molar-refractivity contribution in [3.8, 4) is 5.75 Å². The zero-order chi connectivity index (χ0) is 35.2. The van der Waals surface area contributed by atoms with Gasteiger partial charge in [-0.1, -0.05) is 54.6 Å². The predicted molar refractivity (Wildman–Crippen MR) is 200 cm³/mol. The highest BCUT2D eigenvalue weighted by Crippen LogP contribution is 2.43. The predicted octanol–water partition coefficient (Wildman–Crippen LogP) is 10.3. The number of carbonyl (C=O) groups excluding carboxylic acids is 2. The number of fused-ring (bicyclic) bond motifs is 1. The minimum absolute atomic E-state index is 0.00124. The molecule has 6 aromatic carbocycles. The Morgan fingerprint density at radius 2 is 1.24 bits per heavy atom. The molecule has 0 bridgehead atoms. The van der Waals surface area contributed by atoms with E-state index in [4.69, 9.17) is 14.6 Å². The molecule has 6 aromatic rings. The van der Waals surface area contributed by atoms with Crippen LogP contribution < -0.4 is 20.7 Å². The molecule has 11 nitrogen and oxygen atoms in total. The summed E-state index contributed by atoms with van der Waals surface area (Å²) in [5.41, 5.74) is 4.53. The van der Waals surface area contributed by atoms with Gasteiger partial charge in [0.05, 0.1) is 36.3 Å². The van der Waals surface area contributed by atoms with Gasteiger partial charge in [0.15, 0.2) is 0 Å². The molecule has 1 atom stereocenters. The van der Waals surface area contributed by atoms with Gasteiger partial charge in [-0.3, -0.25) is 9.59 Å². The molecule has 1 aliphatic heterocycles. The molecule has 0 spiro atoms. The van der Waals surface area contributed by atoms with Gasteiger partial charge in [0.1, 0.15) is 18.0 Å². The number of esters is 1. The molecule has 3 N–H and O–H groups in total. The van der Waals surface area contributed by atoms with Crippen LogP contribution in [0.5, 0.6) is 5.75 Å². The van der Waals surface area contributed by atoms with Gasteiger partial charge < -0.3 is 25.4 Å². The van der Waals surface area contributed by atoms with E-state index in [1.807, 2.05) is 104 Å². The molecule has 1 amide bonds. The number of methoxy groups -OCH3 is 1. The lowest BCUT2D eigenvalue weighted by Crippen LogP contribution is -2.49. The molecule has 0 aromatic heterocycles. The van der Waals surface area contributed by atoms with Crippen LogP contribution in [0.15, 0.2) is 142 Å². The third-order valence-corrected chi connectivity index (χ3v) is 8.46. The Morgan fingerprint density at radius 1 is 0.647 bits per heavy atom. The number of azo groups is 2. The quantitative estimate of drug-likeness (QED) is 0.0921. The van der Waals surface area contributed by atoms with Crippen molar-refractivity contribution >= 4 is 73.2 Å². The van der Waals surface area contributed by atoms with Gasteiger partial charge in [0, 0.05) is 45.0 Å². The lowest BCUT2D eigenvalue weighted by atomic mass is 9.99. The molecule has 0 aliphatic carbocycles. The number of amides is 1. The van der Waals surface area contributed by atoms with Gasteiger partial charge in [0.25, 0.3) is 0 Å². The van der Waals surface area contributed by atoms with Crippen LogP contribution >= 0.6 is 0 Å². The Labute approximate surface area is 294 Å². The summed E-state index contributed by atoms with van der Waals surface area (Å²) >= 11 is 0. The second-order valence-corrected chi connectivity index (χ2v) is 12.3. The van der Waals surface area contributed by atoms with E-state index in [0.717, 1.165) is 44.3 Å². The van der Waals surface area contributed by atoms with Crippen LogP contribution in [-0.4, -0.2) is 31.3 Å². The Morgan fingerprint density at radius 3 is 1.92 bits per heavy atom. The number of ether oxygens (including phenoxy) is 2. The van der Waals surface area contributed by atoms with Crippen molar-refractivity contribution in [1.82, 2.24) is 0 Å². The molecule has 1 heterocycles. The fourth-order valence-electron chi connectivity index (χ4n) is 5.95. The second kappa shape index (κ2) is 14.5. The third-order valence-electron chi connectivity index (χ3n) is 8.46. The molecule has 11 heteroatoms. The number of hydrogen-bond donors (Lipinski definition) is 3. The maximum absolute atomic E-state index is 12.6. The fourth-order valence-corrected chi connectivity index (χ4v) is 5.95. The summed E-state index contributed by atoms with van der Waals surface area (Å²) in [7, 11) is 1.58. The van der Waals surface area contributed by atoms with Gasteiger partial charge in [-0.05, 0) is 73.7 Å². The summed E-state index contributed by atoms with van der Waals surface area (Å²) in [6, 6.07) is 38.2. The van der Waals surface area contributed by atoms with Crippen molar-refractivity contribution in [2.24, 2.45) is 20.5 Å². The summed E-state index contributed by atoms with van der Waals surface area (Å²) < 4.78 is 10.7. The zero-order valence-corrected chi connectivity index (χ0v) is 28.1. The van der Waals surface area contributed by atoms with Crippen molar-refractivity contribution in [2.75, 3.05) is 29.7 Å². The van der Waals surface area contributed by atoms with E-state index in [1.165, 1.54) is 0 Å². The summed E-state index contributed by atoms with van der Waals surface area (Å²) in [5, 5.41) is 31.7. The Kier molecular flexibility index (Phi) is 9.34. The van der Waals surface area contributed by atoms with Crippen molar-refractivity contribution in [3.63, 3.8) is 0 Å². The largest absolute Gasteiger partial charge is 0.497 e. The van der Waals surface area contributed by atoms with Gasteiger partial charge in [0.2, 0.25) is 5.91 Å². The Balaban J connectivity index is 1.02. The van der Waals surface area contributed by atoms with E-state index < -0.39 is 11.6 Å². The minimum atomic E-state index is -0.788. The molecule has 0 saturated heterocycles. The molecule has 0 saturated carbocycles. The van der Waals surface area contributed by atoms with E-state index in [0.29, 0.717) is 22.8 Å². The molecular weight excluding hydrogens is 642 g/mol. The molecule has 0 fully saturated rings.